The van der Waals surface area contributed by atoms with Gasteiger partial charge in [-0.05, 0) is 64.8 Å². The second-order valence-corrected chi connectivity index (χ2v) is 5.52. The van der Waals surface area contributed by atoms with Gasteiger partial charge in [0.2, 0.25) is 0 Å². The van der Waals surface area contributed by atoms with Crippen molar-refractivity contribution in [2.75, 3.05) is 25.0 Å². The maximum atomic E-state index is 3.23. The zero-order chi connectivity index (χ0) is 13.0. The molecule has 0 amide bonds. The van der Waals surface area contributed by atoms with Crippen molar-refractivity contribution in [1.29, 1.82) is 0 Å². The number of rotatable bonds is 5. The quantitative estimate of drug-likeness (QED) is 0.803. The molecule has 1 heterocycles. The number of benzene rings is 1. The molecule has 0 saturated heterocycles. The first kappa shape index (κ1) is 13.4. The second-order valence-electron chi connectivity index (χ2n) is 5.52. The summed E-state index contributed by atoms with van der Waals surface area (Å²) in [6.45, 7) is 6.90. The van der Waals surface area contributed by atoms with E-state index in [2.05, 4.69) is 42.3 Å². The summed E-state index contributed by atoms with van der Waals surface area (Å²) >= 11 is 0. The highest BCUT2D eigenvalue weighted by atomic mass is 15.2. The molecule has 1 aliphatic heterocycles. The molecule has 1 atom stereocenters. The molecule has 0 radical (unpaired) electrons. The van der Waals surface area contributed by atoms with E-state index < -0.39 is 0 Å². The predicted octanol–water partition coefficient (Wildman–Crippen LogP) is 3.14. The first-order valence-corrected chi connectivity index (χ1v) is 7.23. The van der Waals surface area contributed by atoms with Gasteiger partial charge in [-0.15, -0.1) is 0 Å². The second kappa shape index (κ2) is 6.24. The molecule has 1 N–H and O–H groups in total. The van der Waals surface area contributed by atoms with Gasteiger partial charge < -0.3 is 10.2 Å². The molecule has 0 spiro atoms. The van der Waals surface area contributed by atoms with E-state index in [1.54, 1.807) is 5.56 Å². The van der Waals surface area contributed by atoms with Crippen LogP contribution in [0.5, 0.6) is 0 Å². The van der Waals surface area contributed by atoms with Crippen molar-refractivity contribution in [3.8, 4) is 0 Å². The van der Waals surface area contributed by atoms with Crippen molar-refractivity contribution in [3.63, 3.8) is 0 Å². The van der Waals surface area contributed by atoms with Gasteiger partial charge in [-0.1, -0.05) is 17.7 Å². The van der Waals surface area contributed by atoms with Crippen LogP contribution < -0.4 is 10.2 Å². The van der Waals surface area contributed by atoms with Gasteiger partial charge in [0.15, 0.2) is 0 Å². The monoisotopic (exact) mass is 246 g/mol. The molecule has 18 heavy (non-hydrogen) atoms. The average Bonchev–Trinajstić information content (AvgIpc) is 2.37. The smallest absolute Gasteiger partial charge is 0.0401 e. The number of fused-ring (bicyclic) bond motifs is 1. The van der Waals surface area contributed by atoms with Gasteiger partial charge in [0.05, 0.1) is 0 Å². The van der Waals surface area contributed by atoms with Crippen molar-refractivity contribution < 1.29 is 0 Å². The standard InChI is InChI=1S/C16H26N2/c1-13-8-9-16-15(12-13)7-5-11-18(16)14(2)6-4-10-17-3/h8-9,12,14,17H,4-7,10-11H2,1-3H3. The van der Waals surface area contributed by atoms with Crippen LogP contribution in [-0.4, -0.2) is 26.2 Å². The van der Waals surface area contributed by atoms with Crippen LogP contribution in [0.1, 0.15) is 37.3 Å². The SMILES string of the molecule is CNCCCC(C)N1CCCc2cc(C)ccc21. The number of anilines is 1. The highest BCUT2D eigenvalue weighted by Gasteiger charge is 2.20. The lowest BCUT2D eigenvalue weighted by Crippen LogP contribution is -2.37. The van der Waals surface area contributed by atoms with E-state index in [1.807, 2.05) is 7.05 Å². The third-order valence-electron chi connectivity index (χ3n) is 3.97. The molecule has 0 bridgehead atoms. The van der Waals surface area contributed by atoms with Gasteiger partial charge in [0.1, 0.15) is 0 Å². The molecule has 1 aromatic rings. The zero-order valence-corrected chi connectivity index (χ0v) is 12.0. The molecule has 0 fully saturated rings. The van der Waals surface area contributed by atoms with Crippen molar-refractivity contribution in [2.45, 2.75) is 45.6 Å². The molecule has 2 nitrogen and oxygen atoms in total. The van der Waals surface area contributed by atoms with Crippen LogP contribution >= 0.6 is 0 Å². The Balaban J connectivity index is 2.07. The van der Waals surface area contributed by atoms with Gasteiger partial charge in [-0.3, -0.25) is 0 Å². The summed E-state index contributed by atoms with van der Waals surface area (Å²) in [4.78, 5) is 2.61. The minimum Gasteiger partial charge on any atom is -0.369 e. The van der Waals surface area contributed by atoms with Crippen LogP contribution in [0.3, 0.4) is 0 Å². The lowest BCUT2D eigenvalue weighted by molar-refractivity contribution is 0.533. The molecular weight excluding hydrogens is 220 g/mol. The van der Waals surface area contributed by atoms with Gasteiger partial charge >= 0.3 is 0 Å². The van der Waals surface area contributed by atoms with Gasteiger partial charge in [-0.25, -0.2) is 0 Å². The van der Waals surface area contributed by atoms with Crippen LogP contribution in [0.4, 0.5) is 5.69 Å². The van der Waals surface area contributed by atoms with E-state index in [9.17, 15) is 0 Å². The predicted molar refractivity (Wildman–Crippen MR) is 79.5 cm³/mol. The Kier molecular flexibility index (Phi) is 4.65. The number of hydrogen-bond acceptors (Lipinski definition) is 2. The fourth-order valence-corrected chi connectivity index (χ4v) is 2.94. The fraction of sp³-hybridized carbons (Fsp3) is 0.625. The molecule has 1 aromatic carbocycles. The van der Waals surface area contributed by atoms with Crippen molar-refractivity contribution in [2.24, 2.45) is 0 Å². The summed E-state index contributed by atoms with van der Waals surface area (Å²) in [5, 5.41) is 3.23. The summed E-state index contributed by atoms with van der Waals surface area (Å²) in [7, 11) is 2.03. The number of nitrogens with zero attached hydrogens (tertiary/aromatic N) is 1. The molecular formula is C16H26N2. The van der Waals surface area contributed by atoms with E-state index in [1.165, 1.54) is 43.5 Å². The summed E-state index contributed by atoms with van der Waals surface area (Å²) in [6.07, 6.45) is 5.08. The number of hydrogen-bond donors (Lipinski definition) is 1. The largest absolute Gasteiger partial charge is 0.369 e. The Morgan fingerprint density at radius 3 is 3.00 bits per heavy atom. The lowest BCUT2D eigenvalue weighted by atomic mass is 9.97. The Labute approximate surface area is 111 Å². The Bertz CT molecular complexity index is 387. The topological polar surface area (TPSA) is 15.3 Å². The Morgan fingerprint density at radius 1 is 1.39 bits per heavy atom. The highest BCUT2D eigenvalue weighted by Crippen LogP contribution is 2.30. The van der Waals surface area contributed by atoms with E-state index in [0.717, 1.165) is 6.54 Å². The molecule has 1 aliphatic rings. The number of nitrogens with one attached hydrogen (secondary N) is 1. The van der Waals surface area contributed by atoms with Crippen molar-refractivity contribution in [3.05, 3.63) is 29.3 Å². The third-order valence-corrected chi connectivity index (χ3v) is 3.97. The minimum absolute atomic E-state index is 0.653. The summed E-state index contributed by atoms with van der Waals surface area (Å²) < 4.78 is 0. The average molecular weight is 246 g/mol. The number of aryl methyl sites for hydroxylation is 2. The molecule has 1 unspecified atom stereocenters. The molecule has 0 saturated carbocycles. The minimum atomic E-state index is 0.653. The van der Waals surface area contributed by atoms with Crippen LogP contribution in [0.2, 0.25) is 0 Å². The summed E-state index contributed by atoms with van der Waals surface area (Å²) in [6, 6.07) is 7.58. The zero-order valence-electron chi connectivity index (χ0n) is 12.0. The molecule has 2 heteroatoms. The third kappa shape index (κ3) is 3.05. The lowest BCUT2D eigenvalue weighted by Gasteiger charge is -2.36. The maximum Gasteiger partial charge on any atom is 0.0401 e. The van der Waals surface area contributed by atoms with Crippen LogP contribution in [-0.2, 0) is 6.42 Å². The maximum absolute atomic E-state index is 3.23. The fourth-order valence-electron chi connectivity index (χ4n) is 2.94. The van der Waals surface area contributed by atoms with E-state index in [-0.39, 0.29) is 0 Å². The van der Waals surface area contributed by atoms with Crippen LogP contribution in [0.25, 0.3) is 0 Å². The molecule has 2 rings (SSSR count). The van der Waals surface area contributed by atoms with E-state index in [0.29, 0.717) is 6.04 Å². The molecule has 0 aliphatic carbocycles. The van der Waals surface area contributed by atoms with Gasteiger partial charge in [-0.2, -0.15) is 0 Å². The van der Waals surface area contributed by atoms with Crippen molar-refractivity contribution >= 4 is 5.69 Å². The van der Waals surface area contributed by atoms with Crippen molar-refractivity contribution in [1.82, 2.24) is 5.32 Å². The van der Waals surface area contributed by atoms with E-state index in [4.69, 9.17) is 0 Å². The van der Waals surface area contributed by atoms with Crippen LogP contribution in [0.15, 0.2) is 18.2 Å². The Morgan fingerprint density at radius 2 is 2.22 bits per heavy atom. The summed E-state index contributed by atoms with van der Waals surface area (Å²) in [5.41, 5.74) is 4.41. The first-order valence-electron chi connectivity index (χ1n) is 7.23. The molecule has 100 valence electrons. The Hall–Kier alpha value is -1.02. The normalized spacial score (nSPS) is 16.5. The van der Waals surface area contributed by atoms with Gasteiger partial charge in [0.25, 0.3) is 0 Å². The summed E-state index contributed by atoms with van der Waals surface area (Å²) in [5.74, 6) is 0. The molecule has 0 aromatic heterocycles. The van der Waals surface area contributed by atoms with E-state index >= 15 is 0 Å². The highest BCUT2D eigenvalue weighted by molar-refractivity contribution is 5.57. The van der Waals surface area contributed by atoms with Gasteiger partial charge in [0, 0.05) is 18.3 Å². The first-order chi connectivity index (χ1) is 8.72. The van der Waals surface area contributed by atoms with Crippen LogP contribution in [0, 0.1) is 6.92 Å².